The standard InChI is InChI=1S/C22H21N5O/c1-15-6-8-16(9-7-15)13-24-20-10-11-21(27-26-20)25-22(28)12-17-14-23-19-5-3-2-4-18(17)19/h2-11,14,23H,12-13H2,1H3,(H,24,26)(H,25,27,28). The van der Waals surface area contributed by atoms with E-state index in [0.717, 1.165) is 16.5 Å². The first-order valence-electron chi connectivity index (χ1n) is 9.15. The molecule has 6 nitrogen and oxygen atoms in total. The largest absolute Gasteiger partial charge is 0.365 e. The summed E-state index contributed by atoms with van der Waals surface area (Å²) in [5.74, 6) is 0.973. The molecule has 2 aromatic heterocycles. The lowest BCUT2D eigenvalue weighted by Gasteiger charge is -2.07. The minimum Gasteiger partial charge on any atom is -0.365 e. The van der Waals surface area contributed by atoms with Crippen LogP contribution in [0.5, 0.6) is 0 Å². The maximum absolute atomic E-state index is 12.3. The number of fused-ring (bicyclic) bond motifs is 1. The predicted octanol–water partition coefficient (Wildman–Crippen LogP) is 4.06. The van der Waals surface area contributed by atoms with Crippen molar-refractivity contribution in [2.75, 3.05) is 10.6 Å². The molecule has 0 spiro atoms. The van der Waals surface area contributed by atoms with E-state index in [1.54, 1.807) is 6.07 Å². The summed E-state index contributed by atoms with van der Waals surface area (Å²) in [7, 11) is 0. The number of aryl methyl sites for hydroxylation is 1. The number of nitrogens with zero attached hydrogens (tertiary/aromatic N) is 2. The number of amides is 1. The molecule has 140 valence electrons. The third-order valence-electron chi connectivity index (χ3n) is 4.55. The number of H-pyrrole nitrogens is 1. The first-order valence-corrected chi connectivity index (χ1v) is 9.15. The van der Waals surface area contributed by atoms with Crippen LogP contribution in [0.4, 0.5) is 11.6 Å². The van der Waals surface area contributed by atoms with E-state index in [4.69, 9.17) is 0 Å². The number of para-hydroxylation sites is 1. The van der Waals surface area contributed by atoms with Gasteiger partial charge < -0.3 is 15.6 Å². The van der Waals surface area contributed by atoms with Gasteiger partial charge in [0, 0.05) is 23.6 Å². The summed E-state index contributed by atoms with van der Waals surface area (Å²) in [4.78, 5) is 15.5. The number of hydrogen-bond donors (Lipinski definition) is 3. The maximum atomic E-state index is 12.3. The summed E-state index contributed by atoms with van der Waals surface area (Å²) >= 11 is 0. The lowest BCUT2D eigenvalue weighted by atomic mass is 10.1. The zero-order valence-electron chi connectivity index (χ0n) is 15.6. The molecule has 1 amide bonds. The molecule has 0 aliphatic carbocycles. The van der Waals surface area contributed by atoms with Crippen molar-refractivity contribution in [2.45, 2.75) is 19.9 Å². The van der Waals surface area contributed by atoms with Crippen molar-refractivity contribution in [3.05, 3.63) is 83.6 Å². The van der Waals surface area contributed by atoms with Gasteiger partial charge in [-0.25, -0.2) is 0 Å². The first-order chi connectivity index (χ1) is 13.7. The van der Waals surface area contributed by atoms with Gasteiger partial charge in [-0.15, -0.1) is 10.2 Å². The molecule has 4 rings (SSSR count). The number of aromatic nitrogens is 3. The number of rotatable bonds is 6. The normalized spacial score (nSPS) is 10.8. The topological polar surface area (TPSA) is 82.7 Å². The highest BCUT2D eigenvalue weighted by Crippen LogP contribution is 2.18. The summed E-state index contributed by atoms with van der Waals surface area (Å²) in [6.07, 6.45) is 2.15. The fraction of sp³-hybridized carbons (Fsp3) is 0.136. The zero-order chi connectivity index (χ0) is 19.3. The Morgan fingerprint density at radius 3 is 2.50 bits per heavy atom. The fourth-order valence-electron chi connectivity index (χ4n) is 3.03. The van der Waals surface area contributed by atoms with Crippen molar-refractivity contribution in [2.24, 2.45) is 0 Å². The fourth-order valence-corrected chi connectivity index (χ4v) is 3.03. The second-order valence-electron chi connectivity index (χ2n) is 6.73. The van der Waals surface area contributed by atoms with E-state index in [1.807, 2.05) is 36.5 Å². The summed E-state index contributed by atoms with van der Waals surface area (Å²) in [6, 6.07) is 19.8. The molecule has 0 bridgehead atoms. The molecular formula is C22H21N5O. The van der Waals surface area contributed by atoms with Gasteiger partial charge in [0.1, 0.15) is 5.82 Å². The zero-order valence-corrected chi connectivity index (χ0v) is 15.6. The highest BCUT2D eigenvalue weighted by molar-refractivity contribution is 5.95. The number of benzene rings is 2. The Morgan fingerprint density at radius 1 is 0.964 bits per heavy atom. The Morgan fingerprint density at radius 2 is 1.71 bits per heavy atom. The number of carbonyl (C=O) groups excluding carboxylic acids is 1. The van der Waals surface area contributed by atoms with Gasteiger partial charge in [0.25, 0.3) is 0 Å². The Balaban J connectivity index is 1.33. The lowest BCUT2D eigenvalue weighted by Crippen LogP contribution is -2.15. The van der Waals surface area contributed by atoms with E-state index in [9.17, 15) is 4.79 Å². The van der Waals surface area contributed by atoms with Crippen LogP contribution in [0.2, 0.25) is 0 Å². The highest BCUT2D eigenvalue weighted by atomic mass is 16.1. The predicted molar refractivity (Wildman–Crippen MR) is 111 cm³/mol. The van der Waals surface area contributed by atoms with Gasteiger partial charge in [0.2, 0.25) is 5.91 Å². The van der Waals surface area contributed by atoms with Crippen molar-refractivity contribution in [3.63, 3.8) is 0 Å². The monoisotopic (exact) mass is 371 g/mol. The lowest BCUT2D eigenvalue weighted by molar-refractivity contribution is -0.115. The summed E-state index contributed by atoms with van der Waals surface area (Å²) in [5.41, 5.74) is 4.38. The first kappa shape index (κ1) is 17.7. The second kappa shape index (κ2) is 7.92. The van der Waals surface area contributed by atoms with Crippen LogP contribution in [0.1, 0.15) is 16.7 Å². The van der Waals surface area contributed by atoms with Crippen LogP contribution in [0.25, 0.3) is 10.9 Å². The van der Waals surface area contributed by atoms with Crippen LogP contribution in [-0.4, -0.2) is 21.1 Å². The summed E-state index contributed by atoms with van der Waals surface area (Å²) < 4.78 is 0. The summed E-state index contributed by atoms with van der Waals surface area (Å²) in [5, 5.41) is 15.3. The van der Waals surface area contributed by atoms with Crippen LogP contribution < -0.4 is 10.6 Å². The molecule has 0 saturated heterocycles. The minimum absolute atomic E-state index is 0.126. The average Bonchev–Trinajstić information content (AvgIpc) is 3.11. The van der Waals surface area contributed by atoms with Crippen molar-refractivity contribution < 1.29 is 4.79 Å². The number of nitrogens with one attached hydrogen (secondary N) is 3. The van der Waals surface area contributed by atoms with Crippen LogP contribution in [0.15, 0.2) is 66.9 Å². The van der Waals surface area contributed by atoms with E-state index >= 15 is 0 Å². The molecule has 0 saturated carbocycles. The molecule has 3 N–H and O–H groups in total. The van der Waals surface area contributed by atoms with Gasteiger partial charge in [-0.05, 0) is 36.2 Å². The molecule has 0 aliphatic heterocycles. The molecule has 28 heavy (non-hydrogen) atoms. The Hall–Kier alpha value is -3.67. The van der Waals surface area contributed by atoms with E-state index in [2.05, 4.69) is 57.0 Å². The van der Waals surface area contributed by atoms with Crippen LogP contribution >= 0.6 is 0 Å². The maximum Gasteiger partial charge on any atom is 0.230 e. The smallest absolute Gasteiger partial charge is 0.230 e. The molecule has 0 radical (unpaired) electrons. The van der Waals surface area contributed by atoms with Gasteiger partial charge >= 0.3 is 0 Å². The Bertz CT molecular complexity index is 1080. The molecule has 0 unspecified atom stereocenters. The number of hydrogen-bond acceptors (Lipinski definition) is 4. The molecule has 6 heteroatoms. The molecule has 2 heterocycles. The van der Waals surface area contributed by atoms with Gasteiger partial charge in [0.15, 0.2) is 5.82 Å². The third-order valence-corrected chi connectivity index (χ3v) is 4.55. The quantitative estimate of drug-likeness (QED) is 0.477. The van der Waals surface area contributed by atoms with Crippen LogP contribution in [0, 0.1) is 6.92 Å². The van der Waals surface area contributed by atoms with E-state index in [-0.39, 0.29) is 12.3 Å². The molecule has 0 fully saturated rings. The number of carbonyl (C=O) groups is 1. The highest BCUT2D eigenvalue weighted by Gasteiger charge is 2.09. The Kier molecular flexibility index (Phi) is 5.01. The number of anilines is 2. The van der Waals surface area contributed by atoms with E-state index in [1.165, 1.54) is 11.1 Å². The molecular weight excluding hydrogens is 350 g/mol. The van der Waals surface area contributed by atoms with Crippen LogP contribution in [-0.2, 0) is 17.8 Å². The van der Waals surface area contributed by atoms with Gasteiger partial charge in [-0.3, -0.25) is 4.79 Å². The minimum atomic E-state index is -0.126. The van der Waals surface area contributed by atoms with Gasteiger partial charge in [-0.1, -0.05) is 48.0 Å². The second-order valence-corrected chi connectivity index (χ2v) is 6.73. The summed E-state index contributed by atoms with van der Waals surface area (Å²) in [6.45, 7) is 2.73. The van der Waals surface area contributed by atoms with Crippen molar-refractivity contribution >= 4 is 28.4 Å². The number of aromatic amines is 1. The van der Waals surface area contributed by atoms with Crippen LogP contribution in [0.3, 0.4) is 0 Å². The van der Waals surface area contributed by atoms with Crippen molar-refractivity contribution in [1.29, 1.82) is 0 Å². The SMILES string of the molecule is Cc1ccc(CNc2ccc(NC(=O)Cc3c[nH]c4ccccc34)nn2)cc1. The third kappa shape index (κ3) is 4.17. The molecule has 0 aliphatic rings. The Labute approximate surface area is 163 Å². The van der Waals surface area contributed by atoms with E-state index < -0.39 is 0 Å². The molecule has 2 aromatic carbocycles. The molecule has 0 atom stereocenters. The van der Waals surface area contributed by atoms with E-state index in [0.29, 0.717) is 18.2 Å². The van der Waals surface area contributed by atoms with Gasteiger partial charge in [-0.2, -0.15) is 0 Å². The van der Waals surface area contributed by atoms with Gasteiger partial charge in [0.05, 0.1) is 6.42 Å². The molecule has 4 aromatic rings. The van der Waals surface area contributed by atoms with Crippen molar-refractivity contribution in [1.82, 2.24) is 15.2 Å². The average molecular weight is 371 g/mol. The van der Waals surface area contributed by atoms with Crippen molar-refractivity contribution in [3.8, 4) is 0 Å².